The Morgan fingerprint density at radius 3 is 2.43 bits per heavy atom. The average Bonchev–Trinajstić information content (AvgIpc) is 2.42. The number of benzene rings is 1. The summed E-state index contributed by atoms with van der Waals surface area (Å²) in [5.74, 6) is -2.12. The number of amides is 1. The van der Waals surface area contributed by atoms with E-state index in [0.29, 0.717) is 0 Å². The molecule has 0 aliphatic heterocycles. The number of carboxylic acids is 1. The van der Waals surface area contributed by atoms with E-state index in [2.05, 4.69) is 5.32 Å². The molecule has 8 nitrogen and oxygen atoms in total. The van der Waals surface area contributed by atoms with Crippen LogP contribution in [-0.4, -0.2) is 35.1 Å². The zero-order chi connectivity index (χ0) is 16.2. The Labute approximate surface area is 120 Å². The number of nitrogens with one attached hydrogen (secondary N) is 1. The largest absolute Gasteiger partial charge is 0.496 e. The van der Waals surface area contributed by atoms with E-state index in [1.165, 1.54) is 13.2 Å². The van der Waals surface area contributed by atoms with Crippen LogP contribution >= 0.6 is 0 Å². The van der Waals surface area contributed by atoms with Gasteiger partial charge >= 0.3 is 5.97 Å². The molecule has 114 valence electrons. The molecule has 0 saturated heterocycles. The molecule has 21 heavy (non-hydrogen) atoms. The first kappa shape index (κ1) is 16.4. The number of hydrogen-bond acceptors (Lipinski definition) is 5. The molecule has 1 atom stereocenters. The van der Waals surface area contributed by atoms with E-state index in [-0.39, 0.29) is 22.9 Å². The first-order chi connectivity index (χ1) is 9.77. The van der Waals surface area contributed by atoms with Crippen molar-refractivity contribution in [2.24, 2.45) is 5.92 Å². The van der Waals surface area contributed by atoms with Gasteiger partial charge in [-0.25, -0.2) is 4.79 Å². The van der Waals surface area contributed by atoms with Crippen LogP contribution in [0.1, 0.15) is 24.2 Å². The van der Waals surface area contributed by atoms with Crippen molar-refractivity contribution in [1.82, 2.24) is 5.32 Å². The van der Waals surface area contributed by atoms with Gasteiger partial charge in [0, 0.05) is 6.07 Å². The quantitative estimate of drug-likeness (QED) is 0.605. The third-order valence-corrected chi connectivity index (χ3v) is 2.86. The number of hydrogen-bond donors (Lipinski definition) is 2. The molecule has 0 heterocycles. The number of aliphatic carboxylic acids is 1. The SMILES string of the molecule is COc1cc([N+](=O)[O-])ccc1C(=O)N[C@H](C(=O)O)C(C)C. The topological polar surface area (TPSA) is 119 Å². The second kappa shape index (κ2) is 6.69. The molecule has 0 aromatic heterocycles. The van der Waals surface area contributed by atoms with E-state index < -0.39 is 22.8 Å². The number of non-ortho nitro benzene ring substituents is 1. The van der Waals surface area contributed by atoms with Crippen LogP contribution in [0.15, 0.2) is 18.2 Å². The number of nitro benzene ring substituents is 1. The number of carbonyl (C=O) groups is 2. The van der Waals surface area contributed by atoms with Crippen molar-refractivity contribution in [2.45, 2.75) is 19.9 Å². The van der Waals surface area contributed by atoms with Gasteiger partial charge in [-0.15, -0.1) is 0 Å². The predicted octanol–water partition coefficient (Wildman–Crippen LogP) is 1.44. The molecule has 0 unspecified atom stereocenters. The fourth-order valence-corrected chi connectivity index (χ4v) is 1.71. The molecular formula is C13H16N2O6. The Hall–Kier alpha value is -2.64. The molecule has 0 bridgehead atoms. The van der Waals surface area contributed by atoms with Crippen molar-refractivity contribution in [1.29, 1.82) is 0 Å². The molecule has 1 amide bonds. The predicted molar refractivity (Wildman–Crippen MR) is 73.4 cm³/mol. The van der Waals surface area contributed by atoms with Crippen LogP contribution in [0, 0.1) is 16.0 Å². The van der Waals surface area contributed by atoms with E-state index in [0.717, 1.165) is 12.1 Å². The van der Waals surface area contributed by atoms with Crippen molar-refractivity contribution in [3.05, 3.63) is 33.9 Å². The summed E-state index contributed by atoms with van der Waals surface area (Å²) in [6, 6.07) is 2.44. The highest BCUT2D eigenvalue weighted by Gasteiger charge is 2.26. The Morgan fingerprint density at radius 2 is 2.00 bits per heavy atom. The highest BCUT2D eigenvalue weighted by atomic mass is 16.6. The number of methoxy groups -OCH3 is 1. The number of rotatable bonds is 6. The maximum atomic E-state index is 12.1. The van der Waals surface area contributed by atoms with E-state index in [1.54, 1.807) is 13.8 Å². The smallest absolute Gasteiger partial charge is 0.326 e. The molecule has 0 aliphatic rings. The van der Waals surface area contributed by atoms with Gasteiger partial charge in [-0.3, -0.25) is 14.9 Å². The van der Waals surface area contributed by atoms with E-state index in [9.17, 15) is 19.7 Å². The number of nitro groups is 1. The highest BCUT2D eigenvalue weighted by molar-refractivity contribution is 5.99. The minimum Gasteiger partial charge on any atom is -0.496 e. The fraction of sp³-hybridized carbons (Fsp3) is 0.385. The Balaban J connectivity index is 3.07. The number of nitrogens with zero attached hydrogens (tertiary/aromatic N) is 1. The van der Waals surface area contributed by atoms with Crippen molar-refractivity contribution in [3.8, 4) is 5.75 Å². The summed E-state index contributed by atoms with van der Waals surface area (Å²) < 4.78 is 4.95. The molecule has 0 spiro atoms. The third kappa shape index (κ3) is 3.91. The first-order valence-corrected chi connectivity index (χ1v) is 6.14. The van der Waals surface area contributed by atoms with Gasteiger partial charge in [0.2, 0.25) is 0 Å². The lowest BCUT2D eigenvalue weighted by Crippen LogP contribution is -2.44. The van der Waals surface area contributed by atoms with Crippen LogP contribution in [-0.2, 0) is 4.79 Å². The lowest BCUT2D eigenvalue weighted by Gasteiger charge is -2.18. The van der Waals surface area contributed by atoms with Gasteiger partial charge < -0.3 is 15.2 Å². The summed E-state index contributed by atoms with van der Waals surface area (Å²) in [6.07, 6.45) is 0. The molecule has 0 radical (unpaired) electrons. The molecule has 1 aromatic rings. The van der Waals surface area contributed by atoms with E-state index >= 15 is 0 Å². The molecule has 0 saturated carbocycles. The van der Waals surface area contributed by atoms with Crippen LogP contribution in [0.4, 0.5) is 5.69 Å². The van der Waals surface area contributed by atoms with Crippen LogP contribution < -0.4 is 10.1 Å². The van der Waals surface area contributed by atoms with Gasteiger partial charge in [-0.1, -0.05) is 13.8 Å². The normalized spacial score (nSPS) is 11.8. The standard InChI is InChI=1S/C13H16N2O6/c1-7(2)11(13(17)18)14-12(16)9-5-4-8(15(19)20)6-10(9)21-3/h4-7,11H,1-3H3,(H,14,16)(H,17,18)/t11-/m0/s1. The minimum absolute atomic E-state index is 0.00888. The van der Waals surface area contributed by atoms with Gasteiger partial charge in [0.1, 0.15) is 11.8 Å². The summed E-state index contributed by atoms with van der Waals surface area (Å²) in [5.41, 5.74) is -0.183. The van der Waals surface area contributed by atoms with Crippen molar-refractivity contribution in [3.63, 3.8) is 0 Å². The molecule has 0 fully saturated rings. The zero-order valence-electron chi connectivity index (χ0n) is 11.8. The van der Waals surface area contributed by atoms with E-state index in [4.69, 9.17) is 9.84 Å². The second-order valence-corrected chi connectivity index (χ2v) is 4.68. The monoisotopic (exact) mass is 296 g/mol. The van der Waals surface area contributed by atoms with Gasteiger partial charge in [-0.2, -0.15) is 0 Å². The van der Waals surface area contributed by atoms with Crippen LogP contribution in [0.2, 0.25) is 0 Å². The molecule has 1 rings (SSSR count). The number of ether oxygens (including phenoxy) is 1. The van der Waals surface area contributed by atoms with Crippen LogP contribution in [0.25, 0.3) is 0 Å². The summed E-state index contributed by atoms with van der Waals surface area (Å²) in [6.45, 7) is 3.32. The van der Waals surface area contributed by atoms with Gasteiger partial charge in [-0.05, 0) is 12.0 Å². The van der Waals surface area contributed by atoms with Crippen molar-refractivity contribution >= 4 is 17.6 Å². The van der Waals surface area contributed by atoms with Crippen molar-refractivity contribution < 1.29 is 24.4 Å². The molecule has 2 N–H and O–H groups in total. The van der Waals surface area contributed by atoms with Crippen molar-refractivity contribution in [2.75, 3.05) is 7.11 Å². The lowest BCUT2D eigenvalue weighted by molar-refractivity contribution is -0.384. The summed E-state index contributed by atoms with van der Waals surface area (Å²) in [4.78, 5) is 33.2. The summed E-state index contributed by atoms with van der Waals surface area (Å²) in [7, 11) is 1.27. The van der Waals surface area contributed by atoms with Crippen LogP contribution in [0.3, 0.4) is 0 Å². The number of carboxylic acid groups (broad SMARTS) is 1. The molecule has 8 heteroatoms. The van der Waals surface area contributed by atoms with E-state index in [1.807, 2.05) is 0 Å². The molecule has 1 aromatic carbocycles. The van der Waals surface area contributed by atoms with Gasteiger partial charge in [0.15, 0.2) is 0 Å². The minimum atomic E-state index is -1.15. The number of carbonyl (C=O) groups excluding carboxylic acids is 1. The lowest BCUT2D eigenvalue weighted by atomic mass is 10.0. The maximum Gasteiger partial charge on any atom is 0.326 e. The third-order valence-electron chi connectivity index (χ3n) is 2.86. The molecular weight excluding hydrogens is 280 g/mol. The Morgan fingerprint density at radius 1 is 1.38 bits per heavy atom. The maximum absolute atomic E-state index is 12.1. The highest BCUT2D eigenvalue weighted by Crippen LogP contribution is 2.24. The van der Waals surface area contributed by atoms with Gasteiger partial charge in [0.25, 0.3) is 11.6 Å². The average molecular weight is 296 g/mol. The Kier molecular flexibility index (Phi) is 5.23. The van der Waals surface area contributed by atoms with Gasteiger partial charge in [0.05, 0.1) is 23.7 Å². The first-order valence-electron chi connectivity index (χ1n) is 6.14. The summed E-state index contributed by atoms with van der Waals surface area (Å²) in [5, 5.41) is 22.1. The zero-order valence-corrected chi connectivity index (χ0v) is 11.8. The van der Waals surface area contributed by atoms with Crippen LogP contribution in [0.5, 0.6) is 5.75 Å². The second-order valence-electron chi connectivity index (χ2n) is 4.68. The Bertz CT molecular complexity index is 570. The molecule has 0 aliphatic carbocycles. The fourth-order valence-electron chi connectivity index (χ4n) is 1.71. The summed E-state index contributed by atoms with van der Waals surface area (Å²) >= 11 is 0.